The minimum absolute atomic E-state index is 0. The predicted molar refractivity (Wildman–Crippen MR) is 102 cm³/mol. The van der Waals surface area contributed by atoms with E-state index in [-0.39, 0.29) is 41.3 Å². The van der Waals surface area contributed by atoms with Crippen molar-refractivity contribution in [2.75, 3.05) is 26.3 Å². The van der Waals surface area contributed by atoms with E-state index < -0.39 is 0 Å². The number of carbonyl (C=O) groups excluding carboxylic acids is 2. The number of aliphatic hydroxyl groups excluding tert-OH is 2. The topological polar surface area (TPSA) is 98.7 Å². The third kappa shape index (κ3) is 11.2. The van der Waals surface area contributed by atoms with Gasteiger partial charge in [-0.25, -0.2) is 0 Å². The molecule has 0 aromatic rings. The first-order valence-electron chi connectivity index (χ1n) is 8.56. The molecule has 6 nitrogen and oxygen atoms in total. The van der Waals surface area contributed by atoms with Gasteiger partial charge in [-0.15, -0.1) is 0 Å². The van der Waals surface area contributed by atoms with Crippen molar-refractivity contribution in [1.29, 1.82) is 0 Å². The average Bonchev–Trinajstić information content (AvgIpc) is 2.66. The number of hydrogen-bond acceptors (Lipinski definition) is 6. The summed E-state index contributed by atoms with van der Waals surface area (Å²) in [6.07, 6.45) is 18.4. The fourth-order valence-electron chi connectivity index (χ4n) is 1.93. The van der Waals surface area contributed by atoms with Crippen molar-refractivity contribution in [2.24, 2.45) is 0 Å². The Morgan fingerprint density at radius 1 is 0.704 bits per heavy atom. The number of aliphatic hydroxyl groups is 2. The summed E-state index contributed by atoms with van der Waals surface area (Å²) in [4.78, 5) is 22.3. The molecule has 2 aliphatic rings. The molecule has 0 saturated heterocycles. The normalized spacial score (nSPS) is 17.6. The van der Waals surface area contributed by atoms with Crippen molar-refractivity contribution in [3.63, 3.8) is 0 Å². The van der Waals surface area contributed by atoms with Crippen molar-refractivity contribution in [3.8, 4) is 0 Å². The van der Waals surface area contributed by atoms with Gasteiger partial charge in [0.2, 0.25) is 0 Å². The van der Waals surface area contributed by atoms with E-state index in [0.717, 1.165) is 0 Å². The maximum Gasteiger partial charge on any atom is 0.187 e. The van der Waals surface area contributed by atoms with E-state index in [4.69, 9.17) is 10.2 Å². The molecule has 0 heterocycles. The number of hydrogen-bond donors (Lipinski definition) is 4. The number of allylic oxidation sites excluding steroid dienone is 10. The summed E-state index contributed by atoms with van der Waals surface area (Å²) >= 11 is 0. The van der Waals surface area contributed by atoms with Crippen LogP contribution in [-0.4, -0.2) is 48.1 Å². The molecule has 0 unspecified atom stereocenters. The Labute approximate surface area is 170 Å². The molecule has 27 heavy (non-hydrogen) atoms. The van der Waals surface area contributed by atoms with Crippen LogP contribution in [0, 0.1) is 0 Å². The molecule has 0 radical (unpaired) electrons. The van der Waals surface area contributed by atoms with Gasteiger partial charge >= 0.3 is 0 Å². The van der Waals surface area contributed by atoms with Gasteiger partial charge in [0.1, 0.15) is 0 Å². The third-order valence-corrected chi connectivity index (χ3v) is 3.31. The van der Waals surface area contributed by atoms with Crippen LogP contribution in [0.15, 0.2) is 72.2 Å². The molecule has 0 atom stereocenters. The van der Waals surface area contributed by atoms with E-state index in [0.29, 0.717) is 37.1 Å². The Hall–Kier alpha value is -2.21. The summed E-state index contributed by atoms with van der Waals surface area (Å²) < 4.78 is 0. The van der Waals surface area contributed by atoms with Gasteiger partial charge in [-0.2, -0.15) is 0 Å². The largest absolute Gasteiger partial charge is 0.396 e. The van der Waals surface area contributed by atoms with Crippen LogP contribution >= 0.6 is 0 Å². The molecule has 0 aromatic heterocycles. The Kier molecular flexibility index (Phi) is 14.7. The van der Waals surface area contributed by atoms with E-state index >= 15 is 0 Å². The van der Waals surface area contributed by atoms with Crippen LogP contribution in [0.3, 0.4) is 0 Å². The van der Waals surface area contributed by atoms with E-state index in [1.54, 1.807) is 36.7 Å². The minimum atomic E-state index is 0. The van der Waals surface area contributed by atoms with Crippen LogP contribution in [-0.2, 0) is 26.1 Å². The first-order chi connectivity index (χ1) is 12.7. The molecule has 2 rings (SSSR count). The van der Waals surface area contributed by atoms with Gasteiger partial charge in [-0.1, -0.05) is 24.3 Å². The Morgan fingerprint density at radius 2 is 1.07 bits per heavy atom. The molecule has 0 spiro atoms. The smallest absolute Gasteiger partial charge is 0.187 e. The first kappa shape index (κ1) is 24.8. The second-order valence-electron chi connectivity index (χ2n) is 5.43. The average molecular weight is 417 g/mol. The fraction of sp³-hybridized carbons (Fsp3) is 0.300. The van der Waals surface area contributed by atoms with E-state index in [9.17, 15) is 9.59 Å². The molecule has 4 N–H and O–H groups in total. The summed E-state index contributed by atoms with van der Waals surface area (Å²) in [5.74, 6) is 0.0259. The molecule has 0 aliphatic heterocycles. The molecular formula is C20H26N2NiO4. The monoisotopic (exact) mass is 416 g/mol. The summed E-state index contributed by atoms with van der Waals surface area (Å²) in [6.45, 7) is 1.70. The molecule has 0 bridgehead atoms. The van der Waals surface area contributed by atoms with Crippen LogP contribution in [0.4, 0.5) is 0 Å². The zero-order valence-corrected chi connectivity index (χ0v) is 16.0. The van der Waals surface area contributed by atoms with Crippen molar-refractivity contribution in [3.05, 3.63) is 72.2 Å². The number of ketones is 2. The molecule has 0 saturated carbocycles. The maximum absolute atomic E-state index is 11.2. The Balaban J connectivity index is 0.000000483. The summed E-state index contributed by atoms with van der Waals surface area (Å²) in [6, 6.07) is 0. The zero-order valence-electron chi connectivity index (χ0n) is 15.0. The first-order valence-corrected chi connectivity index (χ1v) is 8.56. The van der Waals surface area contributed by atoms with Crippen LogP contribution in [0.5, 0.6) is 0 Å². The van der Waals surface area contributed by atoms with E-state index in [2.05, 4.69) is 10.6 Å². The van der Waals surface area contributed by atoms with Crippen molar-refractivity contribution in [2.45, 2.75) is 12.8 Å². The molecule has 0 fully saturated rings. The van der Waals surface area contributed by atoms with Crippen LogP contribution in [0.2, 0.25) is 0 Å². The second kappa shape index (κ2) is 16.0. The number of carbonyl (C=O) groups is 2. The molecule has 0 amide bonds. The van der Waals surface area contributed by atoms with Crippen molar-refractivity contribution >= 4 is 11.6 Å². The van der Waals surface area contributed by atoms with E-state index in [1.807, 2.05) is 12.2 Å². The van der Waals surface area contributed by atoms with Gasteiger partial charge in [-0.3, -0.25) is 9.59 Å². The van der Waals surface area contributed by atoms with Gasteiger partial charge < -0.3 is 20.8 Å². The van der Waals surface area contributed by atoms with Crippen molar-refractivity contribution in [1.82, 2.24) is 10.6 Å². The molecule has 7 heteroatoms. The van der Waals surface area contributed by atoms with Crippen LogP contribution < -0.4 is 10.6 Å². The van der Waals surface area contributed by atoms with Crippen LogP contribution in [0.1, 0.15) is 12.8 Å². The van der Waals surface area contributed by atoms with Gasteiger partial charge in [0.15, 0.2) is 11.6 Å². The molecular weight excluding hydrogens is 391 g/mol. The SMILES string of the molecule is O=C1C=CC=CC1=CNCCCO.O=C1C=CC=CC1=CNCCCO.[Ni]. The summed E-state index contributed by atoms with van der Waals surface area (Å²) in [5, 5.41) is 22.9. The predicted octanol–water partition coefficient (Wildman–Crippen LogP) is 1.07. The van der Waals surface area contributed by atoms with Gasteiger partial charge in [0.25, 0.3) is 0 Å². The maximum atomic E-state index is 11.2. The summed E-state index contributed by atoms with van der Waals surface area (Å²) in [5.41, 5.74) is 1.31. The van der Waals surface area contributed by atoms with Gasteiger partial charge in [0.05, 0.1) is 0 Å². The quantitative estimate of drug-likeness (QED) is 0.268. The third-order valence-electron chi connectivity index (χ3n) is 3.31. The number of nitrogens with one attached hydrogen (secondary N) is 2. The molecule has 2 aliphatic carbocycles. The Morgan fingerprint density at radius 3 is 1.41 bits per heavy atom. The zero-order chi connectivity index (χ0) is 19.0. The Bertz CT molecular complexity index is 590. The minimum Gasteiger partial charge on any atom is -0.396 e. The molecule has 0 aromatic carbocycles. The standard InChI is InChI=1S/2C10H13NO2.Ni/c2*12-7-3-6-11-8-9-4-1-2-5-10(9)13;/h2*1-2,4-5,8,11-12H,3,6-7H2;. The fourth-order valence-corrected chi connectivity index (χ4v) is 1.93. The van der Waals surface area contributed by atoms with Crippen LogP contribution in [0.25, 0.3) is 0 Å². The van der Waals surface area contributed by atoms with Gasteiger partial charge in [0, 0.05) is 66.3 Å². The second-order valence-corrected chi connectivity index (χ2v) is 5.43. The van der Waals surface area contributed by atoms with Crippen molar-refractivity contribution < 1.29 is 36.3 Å². The summed E-state index contributed by atoms with van der Waals surface area (Å²) in [7, 11) is 0. The number of rotatable bonds is 8. The molecule has 150 valence electrons. The van der Waals surface area contributed by atoms with Gasteiger partial charge in [-0.05, 0) is 37.1 Å². The van der Waals surface area contributed by atoms with E-state index in [1.165, 1.54) is 12.2 Å².